The molecule has 1 rings (SSSR count). The largest absolute Gasteiger partial charge is 0.356 e. The molecule has 0 bridgehead atoms. The fourth-order valence-electron chi connectivity index (χ4n) is 1.26. The molecule has 15 heavy (non-hydrogen) atoms. The van der Waals surface area contributed by atoms with Crippen LogP contribution in [0.3, 0.4) is 0 Å². The molecule has 0 radical (unpaired) electrons. The monoisotopic (exact) mass is 245 g/mol. The third-order valence-electron chi connectivity index (χ3n) is 2.05. The van der Waals surface area contributed by atoms with Crippen LogP contribution in [-0.2, 0) is 11.2 Å². The maximum Gasteiger partial charge on any atom is 0.225 e. The van der Waals surface area contributed by atoms with Crippen LogP contribution in [-0.4, -0.2) is 18.3 Å². The number of hydrogen-bond acceptors (Lipinski definition) is 2. The zero-order chi connectivity index (χ0) is 10.9. The van der Waals surface area contributed by atoms with E-state index in [0.717, 1.165) is 30.7 Å². The molecule has 0 aliphatic carbocycles. The van der Waals surface area contributed by atoms with Gasteiger partial charge in [-0.05, 0) is 24.3 Å². The number of unbranched alkanes of at least 4 members (excludes halogenated alkanes) is 2. The number of hydrogen-bond donors (Lipinski definition) is 1. The molecule has 0 unspecified atom stereocenters. The number of halogens is 1. The minimum atomic E-state index is 0.114. The lowest BCUT2D eigenvalue weighted by molar-refractivity contribution is -0.120. The minimum absolute atomic E-state index is 0.114. The van der Waals surface area contributed by atoms with Crippen molar-refractivity contribution in [3.63, 3.8) is 0 Å². The summed E-state index contributed by atoms with van der Waals surface area (Å²) in [6.45, 7) is 0.765. The summed E-state index contributed by atoms with van der Waals surface area (Å²) in [5.74, 6) is 0.826. The van der Waals surface area contributed by atoms with Gasteiger partial charge in [-0.1, -0.05) is 12.5 Å². The summed E-state index contributed by atoms with van der Waals surface area (Å²) in [5.41, 5.74) is 0. The first-order chi connectivity index (χ1) is 7.33. The van der Waals surface area contributed by atoms with E-state index in [4.69, 9.17) is 11.6 Å². The van der Waals surface area contributed by atoms with Crippen molar-refractivity contribution in [1.82, 2.24) is 5.32 Å². The van der Waals surface area contributed by atoms with Crippen molar-refractivity contribution in [1.29, 1.82) is 0 Å². The van der Waals surface area contributed by atoms with Gasteiger partial charge in [0.1, 0.15) is 0 Å². The molecule has 2 nitrogen and oxygen atoms in total. The van der Waals surface area contributed by atoms with Crippen LogP contribution in [0.2, 0.25) is 0 Å². The van der Waals surface area contributed by atoms with Gasteiger partial charge < -0.3 is 5.32 Å². The molecule has 1 aromatic rings. The Bertz CT molecular complexity index is 274. The van der Waals surface area contributed by atoms with Crippen LogP contribution >= 0.6 is 22.9 Å². The van der Waals surface area contributed by atoms with Gasteiger partial charge in [0.2, 0.25) is 5.91 Å². The molecule has 0 aliphatic rings. The van der Waals surface area contributed by atoms with Gasteiger partial charge in [0.15, 0.2) is 0 Å². The molecule has 4 heteroatoms. The predicted molar refractivity (Wildman–Crippen MR) is 65.6 cm³/mol. The molecule has 0 saturated heterocycles. The first-order valence-corrected chi connectivity index (χ1v) is 6.59. The number of alkyl halides is 1. The molecule has 0 spiro atoms. The average Bonchev–Trinajstić information content (AvgIpc) is 2.70. The standard InChI is InChI=1S/C11H16ClNOS/c12-6-2-1-3-7-13-11(14)9-10-5-4-8-15-10/h4-5,8H,1-3,6-7,9H2,(H,13,14). The molecule has 0 fully saturated rings. The Morgan fingerprint density at radius 3 is 2.93 bits per heavy atom. The van der Waals surface area contributed by atoms with E-state index in [1.807, 2.05) is 17.5 Å². The summed E-state index contributed by atoms with van der Waals surface area (Å²) in [6.07, 6.45) is 3.64. The van der Waals surface area contributed by atoms with Gasteiger partial charge in [-0.3, -0.25) is 4.79 Å². The van der Waals surface area contributed by atoms with Gasteiger partial charge in [-0.25, -0.2) is 0 Å². The molecular formula is C11H16ClNOS. The molecule has 1 amide bonds. The van der Waals surface area contributed by atoms with Gasteiger partial charge in [0.05, 0.1) is 6.42 Å². The summed E-state index contributed by atoms with van der Waals surface area (Å²) >= 11 is 7.17. The second-order valence-corrected chi connectivity index (χ2v) is 4.77. The second-order valence-electron chi connectivity index (χ2n) is 3.36. The number of amides is 1. The van der Waals surface area contributed by atoms with Crippen LogP contribution < -0.4 is 5.32 Å². The van der Waals surface area contributed by atoms with Gasteiger partial charge in [0.25, 0.3) is 0 Å². The van der Waals surface area contributed by atoms with Crippen LogP contribution in [0.5, 0.6) is 0 Å². The molecule has 0 aliphatic heterocycles. The summed E-state index contributed by atoms with van der Waals surface area (Å²) in [7, 11) is 0. The first-order valence-electron chi connectivity index (χ1n) is 5.18. The fraction of sp³-hybridized carbons (Fsp3) is 0.545. The number of rotatable bonds is 7. The Morgan fingerprint density at radius 1 is 1.40 bits per heavy atom. The number of carbonyl (C=O) groups is 1. The number of thiophene rings is 1. The maximum absolute atomic E-state index is 11.4. The molecule has 0 atom stereocenters. The van der Waals surface area contributed by atoms with Crippen molar-refractivity contribution in [3.8, 4) is 0 Å². The molecule has 1 N–H and O–H groups in total. The third kappa shape index (κ3) is 5.80. The highest BCUT2D eigenvalue weighted by Gasteiger charge is 2.02. The molecule has 84 valence electrons. The Balaban J connectivity index is 2.04. The van der Waals surface area contributed by atoms with Gasteiger partial charge >= 0.3 is 0 Å². The van der Waals surface area contributed by atoms with Gasteiger partial charge in [0, 0.05) is 17.3 Å². The minimum Gasteiger partial charge on any atom is -0.356 e. The average molecular weight is 246 g/mol. The van der Waals surface area contributed by atoms with Crippen molar-refractivity contribution >= 4 is 28.8 Å². The van der Waals surface area contributed by atoms with E-state index in [-0.39, 0.29) is 5.91 Å². The van der Waals surface area contributed by atoms with Crippen LogP contribution in [0.15, 0.2) is 17.5 Å². The second kappa shape index (κ2) is 7.71. The Kier molecular flexibility index (Phi) is 6.44. The molecule has 0 saturated carbocycles. The lowest BCUT2D eigenvalue weighted by atomic mass is 10.2. The molecule has 1 aromatic heterocycles. The first kappa shape index (κ1) is 12.5. The lowest BCUT2D eigenvalue weighted by Crippen LogP contribution is -2.25. The van der Waals surface area contributed by atoms with Crippen molar-refractivity contribution < 1.29 is 4.79 Å². The normalized spacial score (nSPS) is 10.2. The topological polar surface area (TPSA) is 29.1 Å². The zero-order valence-electron chi connectivity index (χ0n) is 8.67. The van der Waals surface area contributed by atoms with Crippen LogP contribution in [0.25, 0.3) is 0 Å². The van der Waals surface area contributed by atoms with E-state index in [0.29, 0.717) is 12.3 Å². The Labute approximate surface area is 99.6 Å². The fourth-order valence-corrected chi connectivity index (χ4v) is 2.15. The highest BCUT2D eigenvalue weighted by Crippen LogP contribution is 2.08. The number of nitrogens with one attached hydrogen (secondary N) is 1. The van der Waals surface area contributed by atoms with Crippen molar-refractivity contribution in [2.45, 2.75) is 25.7 Å². The SMILES string of the molecule is O=C(Cc1cccs1)NCCCCCCl. The van der Waals surface area contributed by atoms with E-state index in [2.05, 4.69) is 5.32 Å². The van der Waals surface area contributed by atoms with Crippen LogP contribution in [0, 0.1) is 0 Å². The molecule has 1 heterocycles. The lowest BCUT2D eigenvalue weighted by Gasteiger charge is -2.03. The van der Waals surface area contributed by atoms with E-state index >= 15 is 0 Å². The highest BCUT2D eigenvalue weighted by molar-refractivity contribution is 7.10. The van der Waals surface area contributed by atoms with Crippen LogP contribution in [0.1, 0.15) is 24.1 Å². The molecular weight excluding hydrogens is 230 g/mol. The number of carbonyl (C=O) groups excluding carboxylic acids is 1. The van der Waals surface area contributed by atoms with Crippen molar-refractivity contribution in [2.24, 2.45) is 0 Å². The predicted octanol–water partition coefficient (Wildman–Crippen LogP) is 2.82. The Hall–Kier alpha value is -0.540. The Morgan fingerprint density at radius 2 is 2.27 bits per heavy atom. The van der Waals surface area contributed by atoms with Gasteiger partial charge in [-0.2, -0.15) is 0 Å². The quantitative estimate of drug-likeness (QED) is 0.581. The highest BCUT2D eigenvalue weighted by atomic mass is 35.5. The third-order valence-corrected chi connectivity index (χ3v) is 3.19. The summed E-state index contributed by atoms with van der Waals surface area (Å²) in [6, 6.07) is 3.95. The molecule has 0 aromatic carbocycles. The summed E-state index contributed by atoms with van der Waals surface area (Å²) in [4.78, 5) is 12.5. The van der Waals surface area contributed by atoms with E-state index < -0.39 is 0 Å². The summed E-state index contributed by atoms with van der Waals surface area (Å²) < 4.78 is 0. The van der Waals surface area contributed by atoms with Crippen molar-refractivity contribution in [2.75, 3.05) is 12.4 Å². The summed E-state index contributed by atoms with van der Waals surface area (Å²) in [5, 5.41) is 4.89. The van der Waals surface area contributed by atoms with E-state index in [1.165, 1.54) is 0 Å². The van der Waals surface area contributed by atoms with Crippen LogP contribution in [0.4, 0.5) is 0 Å². The maximum atomic E-state index is 11.4. The van der Waals surface area contributed by atoms with E-state index in [9.17, 15) is 4.79 Å². The smallest absolute Gasteiger partial charge is 0.225 e. The van der Waals surface area contributed by atoms with Gasteiger partial charge in [-0.15, -0.1) is 22.9 Å². The van der Waals surface area contributed by atoms with Crippen molar-refractivity contribution in [3.05, 3.63) is 22.4 Å². The zero-order valence-corrected chi connectivity index (χ0v) is 10.2. The van der Waals surface area contributed by atoms with E-state index in [1.54, 1.807) is 11.3 Å².